The van der Waals surface area contributed by atoms with Crippen LogP contribution in [0.15, 0.2) is 42.5 Å². The van der Waals surface area contributed by atoms with Crippen molar-refractivity contribution in [1.82, 2.24) is 15.0 Å². The lowest BCUT2D eigenvalue weighted by atomic mass is 9.98. The quantitative estimate of drug-likeness (QED) is 0.450. The standard InChI is InChI=1S/C27H31N5O5/c1-34-22-12-11-17(13-23(22)37-21-9-4-5-10-21)18-14-24(33)32(16-18)20-8-6-7-19(15-20)28-25-29-26(35-2)31-27(30-25)36-3/h6-8,11-13,15,18,21H,4-5,9-10,14,16H2,1-3H3,(H,28,29,30,31). The topological polar surface area (TPSA) is 108 Å². The highest BCUT2D eigenvalue weighted by Gasteiger charge is 2.32. The average Bonchev–Trinajstić information content (AvgIpc) is 3.58. The molecule has 10 heteroatoms. The van der Waals surface area contributed by atoms with Crippen molar-refractivity contribution in [2.24, 2.45) is 0 Å². The molecule has 5 rings (SSSR count). The van der Waals surface area contributed by atoms with Gasteiger partial charge in [0.25, 0.3) is 0 Å². The van der Waals surface area contributed by atoms with Gasteiger partial charge in [-0.15, -0.1) is 4.98 Å². The number of carbonyl (C=O) groups excluding carboxylic acids is 1. The van der Waals surface area contributed by atoms with Crippen molar-refractivity contribution < 1.29 is 23.7 Å². The minimum Gasteiger partial charge on any atom is -0.493 e. The Hall–Kier alpha value is -4.08. The van der Waals surface area contributed by atoms with Crippen LogP contribution in [0.25, 0.3) is 0 Å². The van der Waals surface area contributed by atoms with Crippen LogP contribution >= 0.6 is 0 Å². The van der Waals surface area contributed by atoms with Crippen molar-refractivity contribution in [3.05, 3.63) is 48.0 Å². The van der Waals surface area contributed by atoms with E-state index in [0.29, 0.717) is 13.0 Å². The molecular weight excluding hydrogens is 474 g/mol. The van der Waals surface area contributed by atoms with E-state index in [1.54, 1.807) is 7.11 Å². The lowest BCUT2D eigenvalue weighted by Gasteiger charge is -2.20. The number of amides is 1. The third-order valence-electron chi connectivity index (χ3n) is 6.75. The first-order valence-corrected chi connectivity index (χ1v) is 12.4. The molecule has 1 saturated heterocycles. The van der Waals surface area contributed by atoms with Crippen molar-refractivity contribution in [3.63, 3.8) is 0 Å². The summed E-state index contributed by atoms with van der Waals surface area (Å²) in [6.07, 6.45) is 5.18. The Labute approximate surface area is 215 Å². The first-order chi connectivity index (χ1) is 18.1. The molecule has 2 fully saturated rings. The molecule has 2 aliphatic rings. The van der Waals surface area contributed by atoms with Crippen molar-refractivity contribution in [3.8, 4) is 23.5 Å². The number of rotatable bonds is 9. The van der Waals surface area contributed by atoms with E-state index < -0.39 is 0 Å². The van der Waals surface area contributed by atoms with E-state index in [9.17, 15) is 4.79 Å². The molecule has 0 radical (unpaired) electrons. The lowest BCUT2D eigenvalue weighted by Crippen LogP contribution is -2.24. The Kier molecular flexibility index (Phi) is 7.25. The van der Waals surface area contributed by atoms with Crippen molar-refractivity contribution >= 4 is 23.2 Å². The fourth-order valence-electron chi connectivity index (χ4n) is 4.86. The lowest BCUT2D eigenvalue weighted by molar-refractivity contribution is -0.117. The number of aromatic nitrogens is 3. The number of anilines is 3. The molecule has 0 spiro atoms. The Morgan fingerprint density at radius 1 is 0.892 bits per heavy atom. The molecule has 194 valence electrons. The Balaban J connectivity index is 1.33. The second-order valence-electron chi connectivity index (χ2n) is 9.15. The summed E-state index contributed by atoms with van der Waals surface area (Å²) in [5.74, 6) is 1.88. The van der Waals surface area contributed by atoms with Crippen LogP contribution in [0.3, 0.4) is 0 Å². The second kappa shape index (κ2) is 10.9. The Bertz CT molecular complexity index is 1240. The van der Waals surface area contributed by atoms with Crippen molar-refractivity contribution in [1.29, 1.82) is 0 Å². The fraction of sp³-hybridized carbons (Fsp3) is 0.407. The molecular formula is C27H31N5O5. The molecule has 10 nitrogen and oxygen atoms in total. The normalized spacial score (nSPS) is 17.6. The van der Waals surface area contributed by atoms with Gasteiger partial charge >= 0.3 is 12.0 Å². The van der Waals surface area contributed by atoms with E-state index in [0.717, 1.165) is 41.3 Å². The van der Waals surface area contributed by atoms with Gasteiger partial charge in [0.2, 0.25) is 11.9 Å². The van der Waals surface area contributed by atoms with Crippen molar-refractivity contribution in [2.45, 2.75) is 44.1 Å². The molecule has 1 unspecified atom stereocenters. The molecule has 0 bridgehead atoms. The molecule has 3 aromatic rings. The zero-order valence-corrected chi connectivity index (χ0v) is 21.3. The summed E-state index contributed by atoms with van der Waals surface area (Å²) in [5, 5.41) is 3.14. The van der Waals surface area contributed by atoms with E-state index in [2.05, 4.69) is 20.3 Å². The van der Waals surface area contributed by atoms with Gasteiger partial charge in [0, 0.05) is 30.3 Å². The average molecular weight is 506 g/mol. The van der Waals surface area contributed by atoms with Gasteiger partial charge in [0.15, 0.2) is 11.5 Å². The highest BCUT2D eigenvalue weighted by molar-refractivity contribution is 5.97. The number of nitrogens with one attached hydrogen (secondary N) is 1. The third kappa shape index (κ3) is 5.52. The molecule has 1 saturated carbocycles. The van der Waals surface area contributed by atoms with Gasteiger partial charge in [0.05, 0.1) is 27.4 Å². The van der Waals surface area contributed by atoms with Crippen LogP contribution in [0.5, 0.6) is 23.5 Å². The smallest absolute Gasteiger partial charge is 0.324 e. The first-order valence-electron chi connectivity index (χ1n) is 12.4. The van der Waals surface area contributed by atoms with Gasteiger partial charge in [-0.2, -0.15) is 9.97 Å². The van der Waals surface area contributed by atoms with Crippen LogP contribution < -0.4 is 29.2 Å². The molecule has 1 aliphatic carbocycles. The molecule has 1 aromatic heterocycles. The SMILES string of the molecule is COc1nc(Nc2cccc(N3CC(c4ccc(OC)c(OC5CCCC5)c4)CC3=O)c2)nc(OC)n1. The summed E-state index contributed by atoms with van der Waals surface area (Å²) in [4.78, 5) is 27.3. The molecule has 2 heterocycles. The van der Waals surface area contributed by atoms with Crippen molar-refractivity contribution in [2.75, 3.05) is 38.1 Å². The highest BCUT2D eigenvalue weighted by Crippen LogP contribution is 2.38. The monoisotopic (exact) mass is 505 g/mol. The number of hydrogen-bond acceptors (Lipinski definition) is 9. The van der Waals surface area contributed by atoms with Crippen LogP contribution in [0, 0.1) is 0 Å². The van der Waals surface area contributed by atoms with E-state index >= 15 is 0 Å². The summed E-state index contributed by atoms with van der Waals surface area (Å²) >= 11 is 0. The maximum atomic E-state index is 13.1. The van der Waals surface area contributed by atoms with Crippen LogP contribution in [0.4, 0.5) is 17.3 Å². The number of nitrogens with zero attached hydrogens (tertiary/aromatic N) is 4. The zero-order chi connectivity index (χ0) is 25.8. The third-order valence-corrected chi connectivity index (χ3v) is 6.75. The van der Waals surface area contributed by atoms with E-state index in [1.807, 2.05) is 47.4 Å². The van der Waals surface area contributed by atoms with E-state index in [1.165, 1.54) is 27.1 Å². The first kappa shape index (κ1) is 24.6. The van der Waals surface area contributed by atoms with Crippen LogP contribution in [-0.4, -0.2) is 54.8 Å². The Morgan fingerprint density at radius 2 is 1.65 bits per heavy atom. The molecule has 1 aliphatic heterocycles. The zero-order valence-electron chi connectivity index (χ0n) is 21.3. The van der Waals surface area contributed by atoms with E-state index in [-0.39, 0.29) is 35.9 Å². The molecule has 1 amide bonds. The van der Waals surface area contributed by atoms with E-state index in [4.69, 9.17) is 18.9 Å². The van der Waals surface area contributed by atoms with Crippen LogP contribution in [-0.2, 0) is 4.79 Å². The second-order valence-corrected chi connectivity index (χ2v) is 9.15. The van der Waals surface area contributed by atoms with Gasteiger partial charge in [0.1, 0.15) is 0 Å². The molecule has 37 heavy (non-hydrogen) atoms. The van der Waals surface area contributed by atoms with Crippen LogP contribution in [0.2, 0.25) is 0 Å². The van der Waals surface area contributed by atoms with Gasteiger partial charge in [-0.1, -0.05) is 12.1 Å². The van der Waals surface area contributed by atoms with Gasteiger partial charge in [-0.05, 0) is 61.6 Å². The number of ether oxygens (including phenoxy) is 4. The summed E-state index contributed by atoms with van der Waals surface area (Å²) in [6.45, 7) is 0.574. The number of benzene rings is 2. The highest BCUT2D eigenvalue weighted by atomic mass is 16.5. The minimum absolute atomic E-state index is 0.0537. The van der Waals surface area contributed by atoms with Gasteiger partial charge < -0.3 is 29.2 Å². The van der Waals surface area contributed by atoms with Gasteiger partial charge in [-0.3, -0.25) is 4.79 Å². The van der Waals surface area contributed by atoms with Gasteiger partial charge in [-0.25, -0.2) is 0 Å². The maximum absolute atomic E-state index is 13.1. The summed E-state index contributed by atoms with van der Waals surface area (Å²) in [6, 6.07) is 13.9. The number of carbonyl (C=O) groups is 1. The molecule has 1 atom stereocenters. The summed E-state index contributed by atoms with van der Waals surface area (Å²) < 4.78 is 22.0. The minimum atomic E-state index is 0.0537. The predicted molar refractivity (Wildman–Crippen MR) is 138 cm³/mol. The maximum Gasteiger partial charge on any atom is 0.324 e. The fourth-order valence-corrected chi connectivity index (χ4v) is 4.86. The Morgan fingerprint density at radius 3 is 2.35 bits per heavy atom. The molecule has 2 aromatic carbocycles. The summed E-state index contributed by atoms with van der Waals surface area (Å²) in [7, 11) is 4.60. The van der Waals surface area contributed by atoms with Crippen LogP contribution in [0.1, 0.15) is 43.6 Å². The largest absolute Gasteiger partial charge is 0.493 e. The molecule has 1 N–H and O–H groups in total. The number of methoxy groups -OCH3 is 3. The summed E-state index contributed by atoms with van der Waals surface area (Å²) in [5.41, 5.74) is 2.59. The number of hydrogen-bond donors (Lipinski definition) is 1. The predicted octanol–water partition coefficient (Wildman–Crippen LogP) is 4.48.